The summed E-state index contributed by atoms with van der Waals surface area (Å²) in [6, 6.07) is 6.11. The van der Waals surface area contributed by atoms with Crippen LogP contribution in [0.2, 0.25) is 0 Å². The summed E-state index contributed by atoms with van der Waals surface area (Å²) in [6.45, 7) is 6.50. The van der Waals surface area contributed by atoms with E-state index in [4.69, 9.17) is 9.84 Å². The van der Waals surface area contributed by atoms with E-state index in [1.165, 1.54) is 12.1 Å². The number of aliphatic hydroxyl groups excluding tert-OH is 1. The zero-order valence-electron chi connectivity index (χ0n) is 11.1. The van der Waals surface area contributed by atoms with Crippen LogP contribution in [-0.4, -0.2) is 67.4 Å². The van der Waals surface area contributed by atoms with Crippen molar-refractivity contribution in [3.8, 4) is 5.75 Å². The SMILES string of the molecule is OCCN1CCN(CCOc2ccc(F)cc2)CC1. The van der Waals surface area contributed by atoms with E-state index in [0.29, 0.717) is 12.4 Å². The molecule has 0 aliphatic carbocycles. The van der Waals surface area contributed by atoms with Crippen molar-refractivity contribution in [1.29, 1.82) is 0 Å². The molecule has 106 valence electrons. The van der Waals surface area contributed by atoms with Crippen LogP contribution in [0.4, 0.5) is 4.39 Å². The van der Waals surface area contributed by atoms with Crippen molar-refractivity contribution < 1.29 is 14.2 Å². The first-order chi connectivity index (χ1) is 9.28. The summed E-state index contributed by atoms with van der Waals surface area (Å²) in [7, 11) is 0. The highest BCUT2D eigenvalue weighted by atomic mass is 19.1. The molecule has 0 unspecified atom stereocenters. The fourth-order valence-electron chi connectivity index (χ4n) is 2.20. The van der Waals surface area contributed by atoms with Crippen LogP contribution in [0.15, 0.2) is 24.3 Å². The van der Waals surface area contributed by atoms with E-state index >= 15 is 0 Å². The minimum atomic E-state index is -0.243. The van der Waals surface area contributed by atoms with Crippen molar-refractivity contribution in [2.45, 2.75) is 0 Å². The third-order valence-corrected chi connectivity index (χ3v) is 3.37. The molecule has 0 spiro atoms. The number of hydrogen-bond acceptors (Lipinski definition) is 4. The third kappa shape index (κ3) is 4.78. The van der Waals surface area contributed by atoms with E-state index in [9.17, 15) is 4.39 Å². The van der Waals surface area contributed by atoms with E-state index in [1.807, 2.05) is 0 Å². The summed E-state index contributed by atoms with van der Waals surface area (Å²) >= 11 is 0. The molecule has 2 rings (SSSR count). The van der Waals surface area contributed by atoms with Crippen LogP contribution < -0.4 is 4.74 Å². The summed E-state index contributed by atoms with van der Waals surface area (Å²) in [5.41, 5.74) is 0. The lowest BCUT2D eigenvalue weighted by Crippen LogP contribution is -2.48. The van der Waals surface area contributed by atoms with Gasteiger partial charge >= 0.3 is 0 Å². The van der Waals surface area contributed by atoms with Crippen LogP contribution in [0.1, 0.15) is 0 Å². The average Bonchev–Trinajstić information content (AvgIpc) is 2.43. The number of hydrogen-bond donors (Lipinski definition) is 1. The van der Waals surface area contributed by atoms with Gasteiger partial charge in [0.2, 0.25) is 0 Å². The van der Waals surface area contributed by atoms with Crippen molar-refractivity contribution in [3.05, 3.63) is 30.1 Å². The van der Waals surface area contributed by atoms with Crippen LogP contribution >= 0.6 is 0 Å². The molecule has 0 amide bonds. The molecule has 1 aliphatic rings. The number of β-amino-alcohol motifs (C(OH)–C–C–N with tert-alkyl or cyclic N) is 1. The maximum Gasteiger partial charge on any atom is 0.123 e. The van der Waals surface area contributed by atoms with Crippen LogP contribution in [0, 0.1) is 5.82 Å². The van der Waals surface area contributed by atoms with E-state index < -0.39 is 0 Å². The summed E-state index contributed by atoms with van der Waals surface area (Å²) in [5, 5.41) is 8.87. The average molecular weight is 268 g/mol. The van der Waals surface area contributed by atoms with Crippen molar-refractivity contribution in [3.63, 3.8) is 0 Å². The summed E-state index contributed by atoms with van der Waals surface area (Å²) < 4.78 is 18.3. The molecule has 0 aromatic heterocycles. The Bertz CT molecular complexity index is 364. The van der Waals surface area contributed by atoms with E-state index in [0.717, 1.165) is 39.3 Å². The van der Waals surface area contributed by atoms with Gasteiger partial charge in [0.15, 0.2) is 0 Å². The second-order valence-corrected chi connectivity index (χ2v) is 4.71. The molecule has 1 heterocycles. The molecule has 1 saturated heterocycles. The second-order valence-electron chi connectivity index (χ2n) is 4.71. The second kappa shape index (κ2) is 7.43. The molecular formula is C14H21FN2O2. The monoisotopic (exact) mass is 268 g/mol. The smallest absolute Gasteiger partial charge is 0.123 e. The Labute approximate surface area is 113 Å². The highest BCUT2D eigenvalue weighted by Gasteiger charge is 2.15. The molecule has 1 aromatic rings. The number of rotatable bonds is 6. The minimum absolute atomic E-state index is 0.230. The van der Waals surface area contributed by atoms with Crippen LogP contribution in [0.5, 0.6) is 5.75 Å². The van der Waals surface area contributed by atoms with Gasteiger partial charge in [-0.15, -0.1) is 0 Å². The van der Waals surface area contributed by atoms with E-state index in [1.54, 1.807) is 12.1 Å². The predicted octanol–water partition coefficient (Wildman–Crippen LogP) is 0.814. The van der Waals surface area contributed by atoms with Gasteiger partial charge in [-0.3, -0.25) is 9.80 Å². The zero-order chi connectivity index (χ0) is 13.5. The molecule has 0 saturated carbocycles. The number of nitrogens with zero attached hydrogens (tertiary/aromatic N) is 2. The normalized spacial score (nSPS) is 17.6. The van der Waals surface area contributed by atoms with Crippen LogP contribution in [-0.2, 0) is 0 Å². The fourth-order valence-corrected chi connectivity index (χ4v) is 2.20. The summed E-state index contributed by atoms with van der Waals surface area (Å²) in [4.78, 5) is 4.61. The van der Waals surface area contributed by atoms with Gasteiger partial charge in [-0.25, -0.2) is 4.39 Å². The van der Waals surface area contributed by atoms with Gasteiger partial charge in [0.1, 0.15) is 18.2 Å². The fraction of sp³-hybridized carbons (Fsp3) is 0.571. The van der Waals surface area contributed by atoms with Gasteiger partial charge in [0.05, 0.1) is 6.61 Å². The summed E-state index contributed by atoms with van der Waals surface area (Å²) in [5.74, 6) is 0.465. The van der Waals surface area contributed by atoms with Gasteiger partial charge in [-0.2, -0.15) is 0 Å². The topological polar surface area (TPSA) is 35.9 Å². The van der Waals surface area contributed by atoms with Crippen LogP contribution in [0.25, 0.3) is 0 Å². The van der Waals surface area contributed by atoms with E-state index in [2.05, 4.69) is 9.80 Å². The van der Waals surface area contributed by atoms with Gasteiger partial charge < -0.3 is 9.84 Å². The molecule has 0 atom stereocenters. The Morgan fingerprint density at radius 2 is 1.58 bits per heavy atom. The third-order valence-electron chi connectivity index (χ3n) is 3.37. The maximum absolute atomic E-state index is 12.7. The lowest BCUT2D eigenvalue weighted by molar-refractivity contribution is 0.102. The highest BCUT2D eigenvalue weighted by molar-refractivity contribution is 5.21. The van der Waals surface area contributed by atoms with Gasteiger partial charge in [-0.1, -0.05) is 0 Å². The Kier molecular flexibility index (Phi) is 5.57. The first-order valence-corrected chi connectivity index (χ1v) is 6.72. The lowest BCUT2D eigenvalue weighted by atomic mass is 10.3. The van der Waals surface area contributed by atoms with Gasteiger partial charge in [0, 0.05) is 39.3 Å². The molecule has 5 heteroatoms. The number of halogens is 1. The predicted molar refractivity (Wildman–Crippen MR) is 71.9 cm³/mol. The molecule has 1 fully saturated rings. The summed E-state index contributed by atoms with van der Waals surface area (Å²) in [6.07, 6.45) is 0. The van der Waals surface area contributed by atoms with Crippen molar-refractivity contribution >= 4 is 0 Å². The maximum atomic E-state index is 12.7. The number of benzene rings is 1. The highest BCUT2D eigenvalue weighted by Crippen LogP contribution is 2.11. The molecule has 0 bridgehead atoms. The molecule has 1 aliphatic heterocycles. The zero-order valence-corrected chi connectivity index (χ0v) is 11.1. The minimum Gasteiger partial charge on any atom is -0.492 e. The Hall–Kier alpha value is -1.17. The Morgan fingerprint density at radius 1 is 1.00 bits per heavy atom. The van der Waals surface area contributed by atoms with Crippen LogP contribution in [0.3, 0.4) is 0 Å². The molecule has 1 aromatic carbocycles. The molecule has 0 radical (unpaired) electrons. The van der Waals surface area contributed by atoms with Gasteiger partial charge in [0.25, 0.3) is 0 Å². The molecular weight excluding hydrogens is 247 g/mol. The van der Waals surface area contributed by atoms with Gasteiger partial charge in [-0.05, 0) is 24.3 Å². The molecule has 19 heavy (non-hydrogen) atoms. The first-order valence-electron chi connectivity index (χ1n) is 6.72. The number of ether oxygens (including phenoxy) is 1. The van der Waals surface area contributed by atoms with Crippen molar-refractivity contribution in [1.82, 2.24) is 9.80 Å². The number of piperazine rings is 1. The first kappa shape index (κ1) is 14.2. The largest absolute Gasteiger partial charge is 0.492 e. The Morgan fingerprint density at radius 3 is 2.16 bits per heavy atom. The Balaban J connectivity index is 1.63. The van der Waals surface area contributed by atoms with E-state index in [-0.39, 0.29) is 12.4 Å². The lowest BCUT2D eigenvalue weighted by Gasteiger charge is -2.34. The molecule has 1 N–H and O–H groups in total. The molecule has 4 nitrogen and oxygen atoms in total. The standard InChI is InChI=1S/C14H21FN2O2/c15-13-1-3-14(4-2-13)19-12-10-17-7-5-16(6-8-17)9-11-18/h1-4,18H,5-12H2. The van der Waals surface area contributed by atoms with Crippen molar-refractivity contribution in [2.75, 3.05) is 52.5 Å². The van der Waals surface area contributed by atoms with Crippen molar-refractivity contribution in [2.24, 2.45) is 0 Å². The number of aliphatic hydroxyl groups is 1. The quantitative estimate of drug-likeness (QED) is 0.828.